The van der Waals surface area contributed by atoms with Crippen molar-refractivity contribution in [1.29, 1.82) is 0 Å². The Kier molecular flexibility index (Phi) is 9.19. The van der Waals surface area contributed by atoms with Crippen molar-refractivity contribution in [3.05, 3.63) is 57.6 Å². The smallest absolute Gasteiger partial charge is 0.308 e. The molecule has 1 aliphatic carbocycles. The number of hydrogen-bond acceptors (Lipinski definition) is 5. The van der Waals surface area contributed by atoms with Gasteiger partial charge in [0.25, 0.3) is 5.91 Å². The topological polar surface area (TPSA) is 93.7 Å². The van der Waals surface area contributed by atoms with Crippen LogP contribution in [-0.4, -0.2) is 31.5 Å². The Balaban J connectivity index is 1.63. The van der Waals surface area contributed by atoms with Gasteiger partial charge in [-0.1, -0.05) is 29.3 Å². The van der Waals surface area contributed by atoms with Crippen molar-refractivity contribution >= 4 is 46.7 Å². The van der Waals surface area contributed by atoms with E-state index in [0.29, 0.717) is 53.8 Å². The number of hydrogen-bond donors (Lipinski definition) is 2. The van der Waals surface area contributed by atoms with Crippen molar-refractivity contribution in [3.8, 4) is 5.75 Å². The van der Waals surface area contributed by atoms with Gasteiger partial charge in [0.15, 0.2) is 0 Å². The Bertz CT molecular complexity index is 1050. The van der Waals surface area contributed by atoms with Gasteiger partial charge in [-0.15, -0.1) is 0 Å². The van der Waals surface area contributed by atoms with Crippen LogP contribution in [0.3, 0.4) is 0 Å². The molecule has 0 aromatic heterocycles. The SMILES string of the molecule is CCOC(=O)C1CCC(C(=O)Nc2ccc(Cl)cc2C(=O)NCc2ccc(Cl)c(OC)c2)CC1. The van der Waals surface area contributed by atoms with E-state index in [2.05, 4.69) is 10.6 Å². The minimum absolute atomic E-state index is 0.160. The van der Waals surface area contributed by atoms with Gasteiger partial charge in [-0.05, 0) is 68.5 Å². The Morgan fingerprint density at radius 1 is 1.00 bits per heavy atom. The highest BCUT2D eigenvalue weighted by atomic mass is 35.5. The van der Waals surface area contributed by atoms with Crippen LogP contribution in [0.2, 0.25) is 10.0 Å². The minimum atomic E-state index is -0.377. The summed E-state index contributed by atoms with van der Waals surface area (Å²) in [5.41, 5.74) is 1.45. The molecule has 34 heavy (non-hydrogen) atoms. The Hall–Kier alpha value is -2.77. The highest BCUT2D eigenvalue weighted by Crippen LogP contribution is 2.31. The van der Waals surface area contributed by atoms with Crippen LogP contribution in [0.1, 0.15) is 48.5 Å². The maximum atomic E-state index is 12.9. The molecule has 2 aromatic rings. The lowest BCUT2D eigenvalue weighted by atomic mass is 9.81. The van der Waals surface area contributed by atoms with E-state index in [1.807, 2.05) is 0 Å². The van der Waals surface area contributed by atoms with Crippen LogP contribution < -0.4 is 15.4 Å². The first-order valence-corrected chi connectivity index (χ1v) is 12.0. The van der Waals surface area contributed by atoms with Crippen LogP contribution in [-0.2, 0) is 20.9 Å². The fourth-order valence-corrected chi connectivity index (χ4v) is 4.36. The lowest BCUT2D eigenvalue weighted by Crippen LogP contribution is -2.31. The Morgan fingerprint density at radius 2 is 1.71 bits per heavy atom. The molecule has 2 aromatic carbocycles. The van der Waals surface area contributed by atoms with Crippen molar-refractivity contribution < 1.29 is 23.9 Å². The first kappa shape index (κ1) is 25.8. The number of methoxy groups -OCH3 is 1. The predicted molar refractivity (Wildman–Crippen MR) is 131 cm³/mol. The van der Waals surface area contributed by atoms with Gasteiger partial charge in [0.05, 0.1) is 35.9 Å². The number of carbonyl (C=O) groups is 3. The second kappa shape index (κ2) is 12.1. The molecule has 0 aliphatic heterocycles. The molecule has 0 bridgehead atoms. The van der Waals surface area contributed by atoms with Crippen LogP contribution in [0.4, 0.5) is 5.69 Å². The third kappa shape index (κ3) is 6.64. The van der Waals surface area contributed by atoms with Crippen LogP contribution in [0.25, 0.3) is 0 Å². The number of ether oxygens (including phenoxy) is 2. The molecule has 0 atom stereocenters. The summed E-state index contributed by atoms with van der Waals surface area (Å²) in [5, 5.41) is 6.57. The highest BCUT2D eigenvalue weighted by Gasteiger charge is 2.31. The summed E-state index contributed by atoms with van der Waals surface area (Å²) in [6, 6.07) is 9.99. The number of amides is 2. The predicted octanol–water partition coefficient (Wildman–Crippen LogP) is 5.24. The van der Waals surface area contributed by atoms with Gasteiger partial charge in [0, 0.05) is 17.5 Å². The van der Waals surface area contributed by atoms with E-state index in [4.69, 9.17) is 32.7 Å². The first-order valence-electron chi connectivity index (χ1n) is 11.2. The summed E-state index contributed by atoms with van der Waals surface area (Å²) in [5.74, 6) is -0.636. The van der Waals surface area contributed by atoms with Gasteiger partial charge in [0.2, 0.25) is 5.91 Å². The van der Waals surface area contributed by atoms with Gasteiger partial charge >= 0.3 is 5.97 Å². The Labute approximate surface area is 209 Å². The van der Waals surface area contributed by atoms with E-state index in [1.54, 1.807) is 37.3 Å². The molecule has 182 valence electrons. The molecule has 7 nitrogen and oxygen atoms in total. The van der Waals surface area contributed by atoms with E-state index in [9.17, 15) is 14.4 Å². The van der Waals surface area contributed by atoms with E-state index >= 15 is 0 Å². The second-order valence-electron chi connectivity index (χ2n) is 8.13. The lowest BCUT2D eigenvalue weighted by Gasteiger charge is -2.26. The molecule has 2 amide bonds. The molecule has 1 fully saturated rings. The Morgan fingerprint density at radius 3 is 2.38 bits per heavy atom. The summed E-state index contributed by atoms with van der Waals surface area (Å²) >= 11 is 12.2. The molecule has 2 N–H and O–H groups in total. The lowest BCUT2D eigenvalue weighted by molar-refractivity contribution is -0.150. The number of nitrogens with one attached hydrogen (secondary N) is 2. The fraction of sp³-hybridized carbons (Fsp3) is 0.400. The van der Waals surface area contributed by atoms with Crippen LogP contribution in [0, 0.1) is 11.8 Å². The number of rotatable bonds is 8. The van der Waals surface area contributed by atoms with Gasteiger partial charge < -0.3 is 20.1 Å². The van der Waals surface area contributed by atoms with Gasteiger partial charge in [-0.25, -0.2) is 0 Å². The number of carbonyl (C=O) groups excluding carboxylic acids is 3. The number of halogens is 2. The number of esters is 1. The molecule has 0 heterocycles. The van der Waals surface area contributed by atoms with Crippen molar-refractivity contribution in [2.24, 2.45) is 11.8 Å². The van der Waals surface area contributed by atoms with Crippen LogP contribution >= 0.6 is 23.2 Å². The summed E-state index contributed by atoms with van der Waals surface area (Å²) in [6.07, 6.45) is 2.39. The monoisotopic (exact) mass is 506 g/mol. The summed E-state index contributed by atoms with van der Waals surface area (Å²) < 4.78 is 10.3. The first-order chi connectivity index (χ1) is 16.3. The molecule has 3 rings (SSSR count). The highest BCUT2D eigenvalue weighted by molar-refractivity contribution is 6.32. The standard InChI is InChI=1S/C25H28Cl2N2O5/c1-3-34-25(32)17-7-5-16(6-8-17)23(30)29-21-11-9-18(26)13-19(21)24(31)28-14-15-4-10-20(27)22(12-15)33-2/h4,9-13,16-17H,3,5-8,14H2,1-2H3,(H,28,31)(H,29,30). The van der Waals surface area contributed by atoms with E-state index in [-0.39, 0.29) is 41.7 Å². The molecule has 9 heteroatoms. The maximum absolute atomic E-state index is 12.9. The average molecular weight is 507 g/mol. The summed E-state index contributed by atoms with van der Waals surface area (Å²) in [7, 11) is 1.52. The summed E-state index contributed by atoms with van der Waals surface area (Å²) in [6.45, 7) is 2.37. The average Bonchev–Trinajstić information content (AvgIpc) is 2.84. The van der Waals surface area contributed by atoms with Gasteiger partial charge in [-0.3, -0.25) is 14.4 Å². The number of anilines is 1. The molecule has 0 radical (unpaired) electrons. The zero-order valence-electron chi connectivity index (χ0n) is 19.2. The summed E-state index contributed by atoms with van der Waals surface area (Å²) in [4.78, 5) is 37.8. The van der Waals surface area contributed by atoms with E-state index < -0.39 is 0 Å². The molecule has 1 aliphatic rings. The third-order valence-electron chi connectivity index (χ3n) is 5.87. The van der Waals surface area contributed by atoms with Gasteiger partial charge in [0.1, 0.15) is 5.75 Å². The van der Waals surface area contributed by atoms with Crippen LogP contribution in [0.5, 0.6) is 5.75 Å². The quantitative estimate of drug-likeness (QED) is 0.477. The minimum Gasteiger partial charge on any atom is -0.495 e. The van der Waals surface area contributed by atoms with E-state index in [0.717, 1.165) is 5.56 Å². The van der Waals surface area contributed by atoms with Crippen molar-refractivity contribution in [2.75, 3.05) is 19.0 Å². The molecule has 0 unspecified atom stereocenters. The maximum Gasteiger partial charge on any atom is 0.308 e. The third-order valence-corrected chi connectivity index (χ3v) is 6.42. The second-order valence-corrected chi connectivity index (χ2v) is 8.97. The van der Waals surface area contributed by atoms with Crippen molar-refractivity contribution in [2.45, 2.75) is 39.2 Å². The molecule has 1 saturated carbocycles. The fourth-order valence-electron chi connectivity index (χ4n) is 3.99. The largest absolute Gasteiger partial charge is 0.495 e. The zero-order chi connectivity index (χ0) is 24.7. The molecule has 0 saturated heterocycles. The molecular weight excluding hydrogens is 479 g/mol. The normalized spacial score (nSPS) is 17.5. The van der Waals surface area contributed by atoms with Gasteiger partial charge in [-0.2, -0.15) is 0 Å². The molecular formula is C25H28Cl2N2O5. The molecule has 0 spiro atoms. The van der Waals surface area contributed by atoms with Crippen molar-refractivity contribution in [3.63, 3.8) is 0 Å². The van der Waals surface area contributed by atoms with Crippen molar-refractivity contribution in [1.82, 2.24) is 5.32 Å². The van der Waals surface area contributed by atoms with Crippen LogP contribution in [0.15, 0.2) is 36.4 Å². The number of benzene rings is 2. The van der Waals surface area contributed by atoms with E-state index in [1.165, 1.54) is 13.2 Å². The zero-order valence-corrected chi connectivity index (χ0v) is 20.7.